The van der Waals surface area contributed by atoms with Crippen molar-refractivity contribution in [2.24, 2.45) is 0 Å². The lowest BCUT2D eigenvalue weighted by atomic mass is 10.0. The Hall–Kier alpha value is -3.67. The molecule has 1 atom stereocenters. The van der Waals surface area contributed by atoms with Gasteiger partial charge in [0.15, 0.2) is 6.61 Å². The first-order valence-corrected chi connectivity index (χ1v) is 12.6. The number of hydrogen-bond donors (Lipinski definition) is 1. The van der Waals surface area contributed by atoms with Gasteiger partial charge in [0.2, 0.25) is 5.91 Å². The molecule has 1 aliphatic carbocycles. The number of benzene rings is 3. The molecule has 0 unspecified atom stereocenters. The van der Waals surface area contributed by atoms with Gasteiger partial charge in [0.05, 0.1) is 0 Å². The van der Waals surface area contributed by atoms with Crippen molar-refractivity contribution in [3.63, 3.8) is 0 Å². The van der Waals surface area contributed by atoms with Gasteiger partial charge in [-0.25, -0.2) is 4.39 Å². The molecule has 1 fully saturated rings. The van der Waals surface area contributed by atoms with Crippen molar-refractivity contribution in [1.82, 2.24) is 10.2 Å². The number of carbonyl (C=O) groups excluding carboxylic acids is 2. The van der Waals surface area contributed by atoms with Crippen molar-refractivity contribution in [1.29, 1.82) is 0 Å². The lowest BCUT2D eigenvalue weighted by Crippen LogP contribution is -2.53. The van der Waals surface area contributed by atoms with E-state index in [1.807, 2.05) is 61.5 Å². The summed E-state index contributed by atoms with van der Waals surface area (Å²) in [4.78, 5) is 28.8. The molecule has 0 aliphatic heterocycles. The van der Waals surface area contributed by atoms with Crippen LogP contribution in [0.5, 0.6) is 5.75 Å². The fourth-order valence-electron chi connectivity index (χ4n) is 4.57. The van der Waals surface area contributed by atoms with Crippen molar-refractivity contribution in [2.45, 2.75) is 57.7 Å². The number of nitrogens with zero attached hydrogens (tertiary/aromatic N) is 1. The Kier molecular flexibility index (Phi) is 8.71. The lowest BCUT2D eigenvalue weighted by molar-refractivity contribution is -0.143. The van der Waals surface area contributed by atoms with E-state index in [0.717, 1.165) is 42.4 Å². The minimum absolute atomic E-state index is 0.141. The predicted octanol–water partition coefficient (Wildman–Crippen LogP) is 5.21. The molecule has 188 valence electrons. The maximum absolute atomic E-state index is 13.6. The Morgan fingerprint density at radius 2 is 1.61 bits per heavy atom. The topological polar surface area (TPSA) is 58.6 Å². The number of carbonyl (C=O) groups is 2. The van der Waals surface area contributed by atoms with Gasteiger partial charge in [-0.05, 0) is 55.2 Å². The van der Waals surface area contributed by atoms with Gasteiger partial charge in [-0.3, -0.25) is 9.59 Å². The SMILES string of the molecule is Cc1ccc(CN(C(=O)COc2ccc(F)cc2)[C@@H](Cc2ccccc2)C(=O)NC2CCCC2)cc1. The van der Waals surface area contributed by atoms with E-state index in [1.54, 1.807) is 4.90 Å². The van der Waals surface area contributed by atoms with Gasteiger partial charge < -0.3 is 15.0 Å². The highest BCUT2D eigenvalue weighted by Crippen LogP contribution is 2.20. The summed E-state index contributed by atoms with van der Waals surface area (Å²) < 4.78 is 19.0. The zero-order chi connectivity index (χ0) is 25.3. The molecule has 5 nitrogen and oxygen atoms in total. The summed E-state index contributed by atoms with van der Waals surface area (Å²) in [5.74, 6) is -0.424. The quantitative estimate of drug-likeness (QED) is 0.426. The highest BCUT2D eigenvalue weighted by Gasteiger charge is 2.32. The monoisotopic (exact) mass is 488 g/mol. The van der Waals surface area contributed by atoms with Gasteiger partial charge in [-0.15, -0.1) is 0 Å². The normalized spacial score (nSPS) is 14.3. The molecule has 1 N–H and O–H groups in total. The van der Waals surface area contributed by atoms with Crippen molar-refractivity contribution in [2.75, 3.05) is 6.61 Å². The largest absolute Gasteiger partial charge is 0.484 e. The van der Waals surface area contributed by atoms with Crippen molar-refractivity contribution < 1.29 is 18.7 Å². The summed E-state index contributed by atoms with van der Waals surface area (Å²) in [6.45, 7) is 2.04. The summed E-state index contributed by atoms with van der Waals surface area (Å²) >= 11 is 0. The average Bonchev–Trinajstić information content (AvgIpc) is 3.40. The Bertz CT molecular complexity index is 1130. The van der Waals surface area contributed by atoms with Crippen LogP contribution in [-0.2, 0) is 22.6 Å². The fourth-order valence-corrected chi connectivity index (χ4v) is 4.57. The van der Waals surface area contributed by atoms with Crippen LogP contribution in [0.1, 0.15) is 42.4 Å². The second kappa shape index (κ2) is 12.3. The van der Waals surface area contributed by atoms with Gasteiger partial charge in [0.1, 0.15) is 17.6 Å². The molecule has 3 aromatic carbocycles. The highest BCUT2D eigenvalue weighted by atomic mass is 19.1. The van der Waals surface area contributed by atoms with E-state index in [-0.39, 0.29) is 36.8 Å². The number of rotatable bonds is 10. The maximum atomic E-state index is 13.6. The summed E-state index contributed by atoms with van der Waals surface area (Å²) in [5.41, 5.74) is 3.03. The minimum atomic E-state index is -0.696. The smallest absolute Gasteiger partial charge is 0.261 e. The third-order valence-corrected chi connectivity index (χ3v) is 6.62. The van der Waals surface area contributed by atoms with Gasteiger partial charge in [-0.1, -0.05) is 73.0 Å². The van der Waals surface area contributed by atoms with Crippen LogP contribution in [0.15, 0.2) is 78.9 Å². The molecule has 6 heteroatoms. The van der Waals surface area contributed by atoms with Crippen LogP contribution in [0, 0.1) is 12.7 Å². The second-order valence-corrected chi connectivity index (χ2v) is 9.45. The van der Waals surface area contributed by atoms with Crippen LogP contribution < -0.4 is 10.1 Å². The first-order chi connectivity index (χ1) is 17.5. The van der Waals surface area contributed by atoms with Crippen LogP contribution in [0.2, 0.25) is 0 Å². The Morgan fingerprint density at radius 3 is 2.28 bits per heavy atom. The highest BCUT2D eigenvalue weighted by molar-refractivity contribution is 5.88. The number of amides is 2. The third-order valence-electron chi connectivity index (χ3n) is 6.62. The minimum Gasteiger partial charge on any atom is -0.484 e. The first-order valence-electron chi connectivity index (χ1n) is 12.6. The average molecular weight is 489 g/mol. The van der Waals surface area contributed by atoms with Crippen molar-refractivity contribution in [3.8, 4) is 5.75 Å². The second-order valence-electron chi connectivity index (χ2n) is 9.45. The number of halogens is 1. The van der Waals surface area contributed by atoms with E-state index >= 15 is 0 Å². The first kappa shape index (κ1) is 25.4. The molecule has 0 heterocycles. The molecule has 1 aliphatic rings. The molecule has 0 spiro atoms. The van der Waals surface area contributed by atoms with E-state index < -0.39 is 6.04 Å². The lowest BCUT2D eigenvalue weighted by Gasteiger charge is -2.32. The maximum Gasteiger partial charge on any atom is 0.261 e. The number of nitrogens with one attached hydrogen (secondary N) is 1. The zero-order valence-electron chi connectivity index (χ0n) is 20.7. The van der Waals surface area contributed by atoms with E-state index in [0.29, 0.717) is 12.2 Å². The molecular weight excluding hydrogens is 455 g/mol. The Labute approximate surface area is 212 Å². The van der Waals surface area contributed by atoms with Crippen LogP contribution in [0.4, 0.5) is 4.39 Å². The predicted molar refractivity (Wildman–Crippen MR) is 138 cm³/mol. The molecule has 2 amide bonds. The summed E-state index contributed by atoms with van der Waals surface area (Å²) in [5, 5.41) is 3.19. The van der Waals surface area contributed by atoms with Crippen LogP contribution in [0.3, 0.4) is 0 Å². The van der Waals surface area contributed by atoms with E-state index in [4.69, 9.17) is 4.74 Å². The molecule has 3 aromatic rings. The number of hydrogen-bond acceptors (Lipinski definition) is 3. The van der Waals surface area contributed by atoms with Crippen LogP contribution in [0.25, 0.3) is 0 Å². The molecule has 0 radical (unpaired) electrons. The standard InChI is InChI=1S/C30H33FN2O3/c1-22-11-13-24(14-12-22)20-33(29(34)21-36-27-17-15-25(31)16-18-27)28(19-23-7-3-2-4-8-23)30(35)32-26-9-5-6-10-26/h2-4,7-8,11-18,26,28H,5-6,9-10,19-21H2,1H3,(H,32,35)/t28-/m0/s1. The van der Waals surface area contributed by atoms with Gasteiger partial charge in [-0.2, -0.15) is 0 Å². The van der Waals surface area contributed by atoms with Gasteiger partial charge in [0, 0.05) is 19.0 Å². The number of aryl methyl sites for hydroxylation is 1. The number of ether oxygens (including phenoxy) is 1. The van der Waals surface area contributed by atoms with E-state index in [2.05, 4.69) is 5.32 Å². The Balaban J connectivity index is 1.59. The zero-order valence-corrected chi connectivity index (χ0v) is 20.7. The molecule has 0 aromatic heterocycles. The fraction of sp³-hybridized carbons (Fsp3) is 0.333. The Morgan fingerprint density at radius 1 is 0.944 bits per heavy atom. The molecule has 36 heavy (non-hydrogen) atoms. The molecule has 0 bridgehead atoms. The summed E-state index contributed by atoms with van der Waals surface area (Å²) in [6.07, 6.45) is 4.53. The van der Waals surface area contributed by atoms with Crippen molar-refractivity contribution >= 4 is 11.8 Å². The van der Waals surface area contributed by atoms with Crippen LogP contribution in [-0.4, -0.2) is 35.4 Å². The molecule has 4 rings (SSSR count). The van der Waals surface area contributed by atoms with Gasteiger partial charge >= 0.3 is 0 Å². The third kappa shape index (κ3) is 7.17. The van der Waals surface area contributed by atoms with Gasteiger partial charge in [0.25, 0.3) is 5.91 Å². The molecule has 1 saturated carbocycles. The summed E-state index contributed by atoms with van der Waals surface area (Å²) in [7, 11) is 0. The van der Waals surface area contributed by atoms with E-state index in [9.17, 15) is 14.0 Å². The molecule has 0 saturated heterocycles. The summed E-state index contributed by atoms with van der Waals surface area (Å²) in [6, 6.07) is 22.7. The molecular formula is C30H33FN2O3. The van der Waals surface area contributed by atoms with E-state index in [1.165, 1.54) is 24.3 Å². The van der Waals surface area contributed by atoms with Crippen molar-refractivity contribution in [3.05, 3.63) is 101 Å². The van der Waals surface area contributed by atoms with Crippen LogP contribution >= 0.6 is 0 Å².